The first-order valence-electron chi connectivity index (χ1n) is 8.17. The van der Waals surface area contributed by atoms with Gasteiger partial charge in [-0.05, 0) is 25.1 Å². The van der Waals surface area contributed by atoms with Crippen molar-refractivity contribution in [3.05, 3.63) is 42.2 Å². The molecule has 3 aromatic rings. The predicted octanol–water partition coefficient (Wildman–Crippen LogP) is 1.84. The Bertz CT molecular complexity index is 948. The predicted molar refractivity (Wildman–Crippen MR) is 97.4 cm³/mol. The van der Waals surface area contributed by atoms with Gasteiger partial charge in [-0.2, -0.15) is 0 Å². The first kappa shape index (κ1) is 18.2. The van der Waals surface area contributed by atoms with Crippen LogP contribution in [0, 0.1) is 0 Å². The van der Waals surface area contributed by atoms with E-state index in [2.05, 4.69) is 15.2 Å². The summed E-state index contributed by atoms with van der Waals surface area (Å²) >= 11 is 0. The number of primary amides is 1. The number of amides is 1. The third-order valence-electron chi connectivity index (χ3n) is 3.75. The molecule has 2 heterocycles. The number of benzene rings is 1. The maximum atomic E-state index is 12.0. The third-order valence-corrected chi connectivity index (χ3v) is 3.75. The Balaban J connectivity index is 2.30. The van der Waals surface area contributed by atoms with Gasteiger partial charge >= 0.3 is 0 Å². The topological polar surface area (TPSA) is 114 Å². The minimum absolute atomic E-state index is 0.0728. The summed E-state index contributed by atoms with van der Waals surface area (Å²) in [5.74, 6) is 0.821. The van der Waals surface area contributed by atoms with Crippen LogP contribution in [0.1, 0.15) is 17.5 Å². The molecule has 0 radical (unpaired) electrons. The van der Waals surface area contributed by atoms with E-state index in [1.807, 2.05) is 6.92 Å². The Morgan fingerprint density at radius 3 is 2.33 bits per heavy atom. The van der Waals surface area contributed by atoms with E-state index in [0.29, 0.717) is 41.2 Å². The van der Waals surface area contributed by atoms with Crippen molar-refractivity contribution in [2.24, 2.45) is 5.73 Å². The van der Waals surface area contributed by atoms with Crippen molar-refractivity contribution in [1.82, 2.24) is 19.7 Å². The maximum absolute atomic E-state index is 12.0. The summed E-state index contributed by atoms with van der Waals surface area (Å²) in [6.07, 6.45) is 0. The zero-order chi connectivity index (χ0) is 19.4. The molecular weight excluding hydrogens is 350 g/mol. The third kappa shape index (κ3) is 3.39. The molecular formula is C18H19N5O4. The number of hydrogen-bond acceptors (Lipinski definition) is 7. The number of aromatic nitrogens is 4. The van der Waals surface area contributed by atoms with Crippen LogP contribution in [-0.2, 0) is 0 Å². The highest BCUT2D eigenvalue weighted by molar-refractivity contribution is 5.91. The van der Waals surface area contributed by atoms with Gasteiger partial charge in [0.1, 0.15) is 22.9 Å². The molecule has 3 rings (SSSR count). The summed E-state index contributed by atoms with van der Waals surface area (Å²) < 4.78 is 17.8. The molecule has 0 aliphatic carbocycles. The monoisotopic (exact) mass is 369 g/mol. The summed E-state index contributed by atoms with van der Waals surface area (Å²) in [4.78, 5) is 16.4. The highest BCUT2D eigenvalue weighted by Gasteiger charge is 2.25. The summed E-state index contributed by atoms with van der Waals surface area (Å²) in [6, 6.07) is 10.5. The van der Waals surface area contributed by atoms with Crippen molar-refractivity contribution >= 4 is 5.91 Å². The summed E-state index contributed by atoms with van der Waals surface area (Å²) in [7, 11) is 3.03. The van der Waals surface area contributed by atoms with Crippen LogP contribution in [0.3, 0.4) is 0 Å². The highest BCUT2D eigenvalue weighted by atomic mass is 16.5. The Morgan fingerprint density at radius 1 is 1.07 bits per heavy atom. The number of hydrogen-bond donors (Lipinski definition) is 1. The average Bonchev–Trinajstić information content (AvgIpc) is 3.12. The molecule has 0 bridgehead atoms. The number of rotatable bonds is 7. The molecule has 1 aromatic carbocycles. The normalized spacial score (nSPS) is 10.5. The van der Waals surface area contributed by atoms with Gasteiger partial charge in [-0.3, -0.25) is 9.36 Å². The van der Waals surface area contributed by atoms with Crippen LogP contribution in [0.4, 0.5) is 0 Å². The molecule has 2 aromatic heterocycles. The van der Waals surface area contributed by atoms with Crippen LogP contribution < -0.4 is 19.9 Å². The molecule has 140 valence electrons. The lowest BCUT2D eigenvalue weighted by molar-refractivity contribution is 0.0988. The molecule has 0 unspecified atom stereocenters. The van der Waals surface area contributed by atoms with E-state index in [1.165, 1.54) is 18.8 Å². The zero-order valence-corrected chi connectivity index (χ0v) is 15.2. The molecule has 9 nitrogen and oxygen atoms in total. The minimum atomic E-state index is -0.748. The molecule has 1 amide bonds. The fourth-order valence-corrected chi connectivity index (χ4v) is 2.64. The molecule has 0 aliphatic rings. The number of carbonyl (C=O) groups excluding carboxylic acids is 1. The number of nitrogens with zero attached hydrogens (tertiary/aromatic N) is 4. The van der Waals surface area contributed by atoms with Crippen LogP contribution in [-0.4, -0.2) is 46.5 Å². The van der Waals surface area contributed by atoms with Gasteiger partial charge in [0.25, 0.3) is 5.91 Å². The molecule has 0 spiro atoms. The second-order valence-corrected chi connectivity index (χ2v) is 5.35. The van der Waals surface area contributed by atoms with Crippen LogP contribution in [0.25, 0.3) is 17.2 Å². The Kier molecular flexibility index (Phi) is 5.20. The number of ether oxygens (including phenoxy) is 3. The van der Waals surface area contributed by atoms with Gasteiger partial charge in [0.15, 0.2) is 5.82 Å². The number of para-hydroxylation sites is 1. The largest absolute Gasteiger partial charge is 0.494 e. The lowest BCUT2D eigenvalue weighted by atomic mass is 10.2. The van der Waals surface area contributed by atoms with Gasteiger partial charge in [-0.1, -0.05) is 12.1 Å². The fourth-order valence-electron chi connectivity index (χ4n) is 2.64. The van der Waals surface area contributed by atoms with E-state index < -0.39 is 5.91 Å². The van der Waals surface area contributed by atoms with Crippen LogP contribution in [0.5, 0.6) is 17.4 Å². The highest BCUT2D eigenvalue weighted by Crippen LogP contribution is 2.36. The van der Waals surface area contributed by atoms with Crippen molar-refractivity contribution in [1.29, 1.82) is 0 Å². The van der Waals surface area contributed by atoms with Crippen LogP contribution in [0.15, 0.2) is 36.4 Å². The first-order chi connectivity index (χ1) is 13.1. The van der Waals surface area contributed by atoms with Crippen molar-refractivity contribution < 1.29 is 19.0 Å². The first-order valence-corrected chi connectivity index (χ1v) is 8.17. The van der Waals surface area contributed by atoms with E-state index in [-0.39, 0.29) is 5.82 Å². The number of carbonyl (C=O) groups is 1. The second-order valence-electron chi connectivity index (χ2n) is 5.35. The lowest BCUT2D eigenvalue weighted by Gasteiger charge is -2.16. The number of methoxy groups -OCH3 is 2. The summed E-state index contributed by atoms with van der Waals surface area (Å²) in [5, 5.41) is 8.06. The Labute approximate surface area is 155 Å². The molecule has 27 heavy (non-hydrogen) atoms. The second kappa shape index (κ2) is 7.73. The maximum Gasteiger partial charge on any atom is 0.287 e. The van der Waals surface area contributed by atoms with E-state index >= 15 is 0 Å². The minimum Gasteiger partial charge on any atom is -0.494 e. The Morgan fingerprint density at radius 2 is 1.74 bits per heavy atom. The van der Waals surface area contributed by atoms with Gasteiger partial charge in [-0.15, -0.1) is 10.2 Å². The summed E-state index contributed by atoms with van der Waals surface area (Å²) in [6.45, 7) is 2.33. The van der Waals surface area contributed by atoms with Gasteiger partial charge in [0.05, 0.1) is 20.8 Å². The smallest absolute Gasteiger partial charge is 0.287 e. The number of nitrogens with two attached hydrogens (primary N) is 1. The molecule has 0 atom stereocenters. The van der Waals surface area contributed by atoms with Gasteiger partial charge < -0.3 is 19.9 Å². The molecule has 0 saturated heterocycles. The molecule has 9 heteroatoms. The van der Waals surface area contributed by atoms with Crippen molar-refractivity contribution in [3.8, 4) is 34.6 Å². The summed E-state index contributed by atoms with van der Waals surface area (Å²) in [5.41, 5.74) is 6.41. The quantitative estimate of drug-likeness (QED) is 0.676. The van der Waals surface area contributed by atoms with Crippen LogP contribution >= 0.6 is 0 Å². The zero-order valence-electron chi connectivity index (χ0n) is 15.2. The van der Waals surface area contributed by atoms with Crippen molar-refractivity contribution in [2.45, 2.75) is 6.92 Å². The Hall–Kier alpha value is -3.62. The van der Waals surface area contributed by atoms with Crippen LogP contribution in [0.2, 0.25) is 0 Å². The standard InChI is InChI=1S/C18H19N5O4/c1-4-27-14-10-5-7-11(20-14)17-21-22-18(16(19)24)23(17)15-12(25-2)8-6-9-13(15)26-3/h5-10H,4H2,1-3H3,(H2,19,24). The van der Waals surface area contributed by atoms with E-state index in [1.54, 1.807) is 36.4 Å². The molecule has 0 saturated carbocycles. The van der Waals surface area contributed by atoms with Crippen molar-refractivity contribution in [3.63, 3.8) is 0 Å². The molecule has 0 aliphatic heterocycles. The van der Waals surface area contributed by atoms with E-state index in [0.717, 1.165) is 0 Å². The van der Waals surface area contributed by atoms with Gasteiger partial charge in [0.2, 0.25) is 11.7 Å². The SMILES string of the molecule is CCOc1cccc(-c2nnc(C(N)=O)n2-c2c(OC)cccc2OC)n1. The average molecular weight is 369 g/mol. The fraction of sp³-hybridized carbons (Fsp3) is 0.222. The van der Waals surface area contributed by atoms with E-state index in [4.69, 9.17) is 19.9 Å². The van der Waals surface area contributed by atoms with E-state index in [9.17, 15) is 4.79 Å². The molecule has 2 N–H and O–H groups in total. The number of pyridine rings is 1. The van der Waals surface area contributed by atoms with Gasteiger partial charge in [-0.25, -0.2) is 4.98 Å². The van der Waals surface area contributed by atoms with Gasteiger partial charge in [0, 0.05) is 6.07 Å². The molecule has 0 fully saturated rings. The lowest BCUT2D eigenvalue weighted by Crippen LogP contribution is -2.18. The van der Waals surface area contributed by atoms with Crippen molar-refractivity contribution in [2.75, 3.05) is 20.8 Å².